The molecule has 3 aliphatic rings. The summed E-state index contributed by atoms with van der Waals surface area (Å²) in [5.74, 6) is 0.690. The normalized spacial score (nSPS) is 23.5. The SMILES string of the molecule is Cc1nn(C)cc1CN1CCC2(CC1)C[C@H]2C(=O)N1CCN(C/C=C/c2ccccc2)CC1. The third-order valence-electron chi connectivity index (χ3n) is 8.01. The molecule has 3 heterocycles. The molecule has 1 aliphatic carbocycles. The number of hydrogen-bond acceptors (Lipinski definition) is 4. The number of likely N-dealkylation sites (tertiary alicyclic amines) is 1. The van der Waals surface area contributed by atoms with Crippen molar-refractivity contribution in [1.29, 1.82) is 0 Å². The lowest BCUT2D eigenvalue weighted by atomic mass is 9.90. The van der Waals surface area contributed by atoms with Crippen LogP contribution in [0.15, 0.2) is 42.6 Å². The Morgan fingerprint density at radius 1 is 1.06 bits per heavy atom. The molecule has 0 bridgehead atoms. The fraction of sp³-hybridized carbons (Fsp3) is 0.556. The first-order chi connectivity index (χ1) is 16.0. The number of amides is 1. The Kier molecular flexibility index (Phi) is 6.39. The number of aryl methyl sites for hydroxylation is 2. The van der Waals surface area contributed by atoms with Gasteiger partial charge in [-0.25, -0.2) is 0 Å². The van der Waals surface area contributed by atoms with E-state index in [2.05, 4.69) is 69.3 Å². The van der Waals surface area contributed by atoms with Crippen molar-refractivity contribution in [3.05, 3.63) is 59.4 Å². The van der Waals surface area contributed by atoms with Gasteiger partial charge in [-0.1, -0.05) is 42.5 Å². The van der Waals surface area contributed by atoms with Gasteiger partial charge >= 0.3 is 0 Å². The predicted octanol–water partition coefficient (Wildman–Crippen LogP) is 3.19. The average molecular weight is 448 g/mol. The minimum atomic E-state index is 0.268. The summed E-state index contributed by atoms with van der Waals surface area (Å²) >= 11 is 0. The van der Waals surface area contributed by atoms with E-state index in [1.807, 2.05) is 17.8 Å². The number of aromatic nitrogens is 2. The fourth-order valence-electron chi connectivity index (χ4n) is 5.72. The van der Waals surface area contributed by atoms with Crippen molar-refractivity contribution in [3.8, 4) is 0 Å². The molecule has 1 saturated carbocycles. The zero-order valence-corrected chi connectivity index (χ0v) is 20.1. The Morgan fingerprint density at radius 3 is 2.45 bits per heavy atom. The van der Waals surface area contributed by atoms with Crippen LogP contribution >= 0.6 is 0 Å². The minimum absolute atomic E-state index is 0.268. The number of carbonyl (C=O) groups is 1. The van der Waals surface area contributed by atoms with Crippen LogP contribution < -0.4 is 0 Å². The number of rotatable bonds is 6. The van der Waals surface area contributed by atoms with Gasteiger partial charge in [0.05, 0.1) is 5.69 Å². The quantitative estimate of drug-likeness (QED) is 0.682. The number of hydrogen-bond donors (Lipinski definition) is 0. The summed E-state index contributed by atoms with van der Waals surface area (Å²) in [7, 11) is 1.99. The van der Waals surface area contributed by atoms with E-state index in [1.54, 1.807) is 0 Å². The predicted molar refractivity (Wildman–Crippen MR) is 131 cm³/mol. The molecule has 5 rings (SSSR count). The molecule has 1 spiro atoms. The molecule has 2 saturated heterocycles. The average Bonchev–Trinajstić information content (AvgIpc) is 3.44. The summed E-state index contributed by atoms with van der Waals surface area (Å²) in [6, 6.07) is 10.4. The van der Waals surface area contributed by atoms with Gasteiger partial charge in [0.1, 0.15) is 0 Å². The molecular formula is C27H37N5O. The maximum Gasteiger partial charge on any atom is 0.226 e. The van der Waals surface area contributed by atoms with Crippen molar-refractivity contribution in [2.75, 3.05) is 45.8 Å². The maximum absolute atomic E-state index is 13.2. The lowest BCUT2D eigenvalue weighted by Gasteiger charge is -2.36. The molecule has 2 aromatic rings. The van der Waals surface area contributed by atoms with Crippen LogP contribution in [0.2, 0.25) is 0 Å². The van der Waals surface area contributed by atoms with E-state index in [1.165, 1.54) is 11.1 Å². The third-order valence-corrected chi connectivity index (χ3v) is 8.01. The van der Waals surface area contributed by atoms with Crippen LogP contribution in [-0.2, 0) is 18.4 Å². The molecule has 3 fully saturated rings. The van der Waals surface area contributed by atoms with E-state index in [0.29, 0.717) is 5.91 Å². The third kappa shape index (κ3) is 5.07. The number of carbonyl (C=O) groups excluding carboxylic acids is 1. The number of piperazine rings is 1. The van der Waals surface area contributed by atoms with Gasteiger partial charge < -0.3 is 4.90 Å². The Balaban J connectivity index is 1.05. The van der Waals surface area contributed by atoms with E-state index >= 15 is 0 Å². The van der Waals surface area contributed by atoms with Gasteiger partial charge in [-0.3, -0.25) is 19.3 Å². The molecule has 0 unspecified atom stereocenters. The Hall–Kier alpha value is -2.44. The molecule has 0 radical (unpaired) electrons. The van der Waals surface area contributed by atoms with Crippen molar-refractivity contribution in [2.45, 2.75) is 32.7 Å². The summed E-state index contributed by atoms with van der Waals surface area (Å²) in [6.07, 6.45) is 9.99. The van der Waals surface area contributed by atoms with Crippen LogP contribution in [0.4, 0.5) is 0 Å². The summed E-state index contributed by atoms with van der Waals surface area (Å²) in [5.41, 5.74) is 3.99. The standard InChI is InChI=1S/C27H37N5O/c1-22-24(20-29(2)28-22)21-31-13-10-27(11-14-31)19-25(27)26(33)32-17-15-30(16-18-32)12-6-9-23-7-4-3-5-8-23/h3-9,20,25H,10-19,21H2,1-2H3/b9-6+/t25-/m0/s1. The first-order valence-electron chi connectivity index (χ1n) is 12.5. The van der Waals surface area contributed by atoms with Crippen LogP contribution in [0.1, 0.15) is 36.1 Å². The van der Waals surface area contributed by atoms with Crippen molar-refractivity contribution in [3.63, 3.8) is 0 Å². The summed E-state index contributed by atoms with van der Waals surface area (Å²) < 4.78 is 1.91. The van der Waals surface area contributed by atoms with E-state index in [9.17, 15) is 4.79 Å². The summed E-state index contributed by atoms with van der Waals surface area (Å²) in [6.45, 7) is 9.92. The smallest absolute Gasteiger partial charge is 0.226 e. The van der Waals surface area contributed by atoms with Crippen LogP contribution in [0, 0.1) is 18.3 Å². The first kappa shape index (κ1) is 22.4. The lowest BCUT2D eigenvalue weighted by Crippen LogP contribution is -2.49. The highest BCUT2D eigenvalue weighted by molar-refractivity contribution is 5.83. The second kappa shape index (κ2) is 9.43. The highest BCUT2D eigenvalue weighted by Crippen LogP contribution is 2.60. The molecule has 1 amide bonds. The molecule has 1 atom stereocenters. The van der Waals surface area contributed by atoms with Crippen LogP contribution in [-0.4, -0.2) is 76.2 Å². The van der Waals surface area contributed by atoms with E-state index in [0.717, 1.165) is 77.3 Å². The van der Waals surface area contributed by atoms with Crippen molar-refractivity contribution < 1.29 is 4.79 Å². The molecule has 176 valence electrons. The monoisotopic (exact) mass is 447 g/mol. The minimum Gasteiger partial charge on any atom is -0.340 e. The largest absolute Gasteiger partial charge is 0.340 e. The van der Waals surface area contributed by atoms with Gasteiger partial charge in [0.25, 0.3) is 0 Å². The maximum atomic E-state index is 13.2. The van der Waals surface area contributed by atoms with Crippen LogP contribution in [0.3, 0.4) is 0 Å². The van der Waals surface area contributed by atoms with E-state index < -0.39 is 0 Å². The molecule has 2 aliphatic heterocycles. The van der Waals surface area contributed by atoms with E-state index in [4.69, 9.17) is 0 Å². The van der Waals surface area contributed by atoms with Crippen molar-refractivity contribution >= 4 is 12.0 Å². The Labute approximate surface area is 197 Å². The number of piperidine rings is 1. The second-order valence-electron chi connectivity index (χ2n) is 10.2. The van der Waals surface area contributed by atoms with E-state index in [-0.39, 0.29) is 11.3 Å². The zero-order chi connectivity index (χ0) is 22.8. The Bertz CT molecular complexity index is 981. The molecule has 1 aromatic heterocycles. The van der Waals surface area contributed by atoms with Crippen molar-refractivity contribution in [2.24, 2.45) is 18.4 Å². The molecule has 1 aromatic carbocycles. The summed E-state index contributed by atoms with van der Waals surface area (Å²) in [4.78, 5) is 20.4. The Morgan fingerprint density at radius 2 is 1.79 bits per heavy atom. The molecule has 0 N–H and O–H groups in total. The molecular weight excluding hydrogens is 410 g/mol. The topological polar surface area (TPSA) is 44.6 Å². The van der Waals surface area contributed by atoms with Gasteiger partial charge in [0.2, 0.25) is 5.91 Å². The van der Waals surface area contributed by atoms with Gasteiger partial charge in [0.15, 0.2) is 0 Å². The highest BCUT2D eigenvalue weighted by Gasteiger charge is 2.59. The van der Waals surface area contributed by atoms with Crippen LogP contribution in [0.25, 0.3) is 6.08 Å². The fourth-order valence-corrected chi connectivity index (χ4v) is 5.72. The number of nitrogens with zero attached hydrogens (tertiary/aromatic N) is 5. The van der Waals surface area contributed by atoms with Gasteiger partial charge in [0, 0.05) is 64.0 Å². The zero-order valence-electron chi connectivity index (χ0n) is 20.1. The van der Waals surface area contributed by atoms with Gasteiger partial charge in [-0.05, 0) is 50.3 Å². The van der Waals surface area contributed by atoms with Gasteiger partial charge in [-0.2, -0.15) is 5.10 Å². The molecule has 6 heteroatoms. The van der Waals surface area contributed by atoms with Crippen LogP contribution in [0.5, 0.6) is 0 Å². The summed E-state index contributed by atoms with van der Waals surface area (Å²) in [5, 5.41) is 4.47. The number of benzene rings is 1. The second-order valence-corrected chi connectivity index (χ2v) is 10.2. The first-order valence-corrected chi connectivity index (χ1v) is 12.5. The molecule has 6 nitrogen and oxygen atoms in total. The molecule has 33 heavy (non-hydrogen) atoms. The van der Waals surface area contributed by atoms with Gasteiger partial charge in [-0.15, -0.1) is 0 Å². The van der Waals surface area contributed by atoms with Crippen molar-refractivity contribution in [1.82, 2.24) is 24.5 Å². The highest BCUT2D eigenvalue weighted by atomic mass is 16.2. The lowest BCUT2D eigenvalue weighted by molar-refractivity contribution is -0.135.